The number of carbonyl (C=O) groups excluding carboxylic acids is 1. The summed E-state index contributed by atoms with van der Waals surface area (Å²) >= 11 is 0. The van der Waals surface area contributed by atoms with Gasteiger partial charge in [0.15, 0.2) is 28.4 Å². The van der Waals surface area contributed by atoms with E-state index in [1.807, 2.05) is 0 Å². The summed E-state index contributed by atoms with van der Waals surface area (Å²) < 4.78 is 21.1. The van der Waals surface area contributed by atoms with Crippen molar-refractivity contribution in [1.82, 2.24) is 0 Å². The fourth-order valence-corrected chi connectivity index (χ4v) is 3.80. The van der Waals surface area contributed by atoms with Gasteiger partial charge in [0.25, 0.3) is 0 Å². The van der Waals surface area contributed by atoms with Gasteiger partial charge in [-0.05, 0) is 18.2 Å². The van der Waals surface area contributed by atoms with E-state index in [4.69, 9.17) is 23.7 Å². The van der Waals surface area contributed by atoms with E-state index in [2.05, 4.69) is 0 Å². The van der Waals surface area contributed by atoms with E-state index in [9.17, 15) is 50.1 Å². The van der Waals surface area contributed by atoms with Crippen LogP contribution >= 0.6 is 0 Å². The van der Waals surface area contributed by atoms with Gasteiger partial charge < -0.3 is 59.5 Å². The van der Waals surface area contributed by atoms with Crippen molar-refractivity contribution in [3.8, 4) is 40.1 Å². The molecule has 2 heterocycles. The highest BCUT2D eigenvalue weighted by atomic mass is 16.7. The molecular weight excluding hydrogens is 528 g/mol. The molecule has 208 valence electrons. The van der Waals surface area contributed by atoms with Crippen molar-refractivity contribution in [2.75, 3.05) is 6.61 Å². The quantitative estimate of drug-likeness (QED) is 0.105. The third-order valence-electron chi connectivity index (χ3n) is 5.81. The molecule has 0 radical (unpaired) electrons. The molecule has 0 spiro atoms. The number of phenols is 4. The predicted octanol–water partition coefficient (Wildman–Crippen LogP) is -0.513. The number of carboxylic acids is 1. The topological polar surface area (TPSA) is 254 Å². The van der Waals surface area contributed by atoms with E-state index in [0.29, 0.717) is 0 Å². The highest BCUT2D eigenvalue weighted by Gasteiger charge is 2.46. The number of aromatic hydroxyl groups is 4. The number of aliphatic hydroxyl groups is 3. The zero-order valence-corrected chi connectivity index (χ0v) is 19.6. The van der Waals surface area contributed by atoms with Gasteiger partial charge in [0.2, 0.25) is 12.0 Å². The first-order valence-electron chi connectivity index (χ1n) is 11.2. The van der Waals surface area contributed by atoms with Crippen LogP contribution in [0, 0.1) is 0 Å². The van der Waals surface area contributed by atoms with E-state index in [-0.39, 0.29) is 16.9 Å². The van der Waals surface area contributed by atoms with Crippen molar-refractivity contribution in [3.63, 3.8) is 0 Å². The molecule has 8 N–H and O–H groups in total. The minimum atomic E-state index is -1.93. The Morgan fingerprint density at radius 1 is 0.897 bits per heavy atom. The fraction of sp³-hybridized carbons (Fsp3) is 0.292. The minimum absolute atomic E-state index is 0.102. The maximum absolute atomic E-state index is 12.7. The Hall–Kier alpha value is -4.57. The number of benzene rings is 2. The maximum atomic E-state index is 12.7. The number of fused-ring (bicyclic) bond motifs is 1. The van der Waals surface area contributed by atoms with Crippen LogP contribution in [0.15, 0.2) is 39.5 Å². The van der Waals surface area contributed by atoms with Crippen molar-refractivity contribution in [1.29, 1.82) is 0 Å². The van der Waals surface area contributed by atoms with Crippen molar-refractivity contribution >= 4 is 22.9 Å². The largest absolute Gasteiger partial charge is 0.504 e. The summed E-state index contributed by atoms with van der Waals surface area (Å²) in [6.45, 7) is -0.733. The number of carboxylic acid groups (broad SMARTS) is 1. The van der Waals surface area contributed by atoms with Crippen LogP contribution in [0.3, 0.4) is 0 Å². The number of carbonyl (C=O) groups is 2. The summed E-state index contributed by atoms with van der Waals surface area (Å²) in [6.07, 6.45) is -9.95. The molecule has 0 saturated carbocycles. The number of hydrogen-bond acceptors (Lipinski definition) is 14. The Morgan fingerprint density at radius 3 is 2.28 bits per heavy atom. The molecule has 1 saturated heterocycles. The average molecular weight is 550 g/mol. The molecule has 0 aliphatic carbocycles. The molecule has 39 heavy (non-hydrogen) atoms. The summed E-state index contributed by atoms with van der Waals surface area (Å²) in [6, 6.07) is 5.52. The lowest BCUT2D eigenvalue weighted by molar-refractivity contribution is -0.278. The molecule has 2 aromatic carbocycles. The molecule has 5 atom stereocenters. The molecule has 1 aromatic heterocycles. The van der Waals surface area contributed by atoms with Crippen LogP contribution in [0.25, 0.3) is 22.3 Å². The van der Waals surface area contributed by atoms with Crippen LogP contribution in [0.4, 0.5) is 0 Å². The highest BCUT2D eigenvalue weighted by Crippen LogP contribution is 2.43. The molecule has 1 fully saturated rings. The summed E-state index contributed by atoms with van der Waals surface area (Å²) in [5.74, 6) is -6.18. The molecule has 1 aliphatic heterocycles. The third kappa shape index (κ3) is 5.51. The Bertz CT molecular complexity index is 1480. The second-order valence-corrected chi connectivity index (χ2v) is 8.51. The molecule has 4 rings (SSSR count). The molecule has 0 unspecified atom stereocenters. The third-order valence-corrected chi connectivity index (χ3v) is 5.81. The van der Waals surface area contributed by atoms with Gasteiger partial charge in [0.05, 0.1) is 0 Å². The fourth-order valence-electron chi connectivity index (χ4n) is 3.80. The molecule has 1 aliphatic rings. The van der Waals surface area contributed by atoms with Crippen LogP contribution in [0.2, 0.25) is 0 Å². The lowest BCUT2D eigenvalue weighted by Crippen LogP contribution is -2.60. The number of rotatable bonds is 7. The number of ether oxygens (including phenoxy) is 3. The van der Waals surface area contributed by atoms with Gasteiger partial charge in [0, 0.05) is 17.7 Å². The van der Waals surface area contributed by atoms with Crippen molar-refractivity contribution in [2.24, 2.45) is 0 Å². The van der Waals surface area contributed by atoms with Crippen LogP contribution in [0.1, 0.15) is 6.42 Å². The van der Waals surface area contributed by atoms with E-state index >= 15 is 0 Å². The van der Waals surface area contributed by atoms with Crippen molar-refractivity contribution < 1.29 is 69.1 Å². The van der Waals surface area contributed by atoms with Crippen LogP contribution in [-0.2, 0) is 19.1 Å². The molecule has 0 bridgehead atoms. The van der Waals surface area contributed by atoms with Crippen LogP contribution in [0.5, 0.6) is 28.7 Å². The smallest absolute Gasteiger partial charge is 0.317 e. The maximum Gasteiger partial charge on any atom is 0.317 e. The first-order chi connectivity index (χ1) is 18.4. The summed E-state index contributed by atoms with van der Waals surface area (Å²) in [4.78, 5) is 34.8. The summed E-state index contributed by atoms with van der Waals surface area (Å²) in [5, 5.41) is 79.1. The SMILES string of the molecule is O=C(O)CC(=O)OC[C@H]1O[C@@H](Oc2cc3oc(-c4ccc(O)c(O)c4)cc(=O)c3c(O)c2O)[C@H](O)[C@@H](O)[C@@H]1O. The number of aliphatic carboxylic acids is 1. The lowest BCUT2D eigenvalue weighted by atomic mass is 9.99. The van der Waals surface area contributed by atoms with Gasteiger partial charge in [0.1, 0.15) is 54.2 Å². The van der Waals surface area contributed by atoms with Gasteiger partial charge in [-0.1, -0.05) is 0 Å². The number of hydrogen-bond donors (Lipinski definition) is 8. The Balaban J connectivity index is 1.65. The number of esters is 1. The molecule has 3 aromatic rings. The van der Waals surface area contributed by atoms with Crippen LogP contribution in [-0.4, -0.2) is 90.1 Å². The summed E-state index contributed by atoms with van der Waals surface area (Å²) in [7, 11) is 0. The number of phenolic OH excluding ortho intramolecular Hbond substituents is 4. The minimum Gasteiger partial charge on any atom is -0.504 e. The second kappa shape index (κ2) is 10.7. The average Bonchev–Trinajstić information content (AvgIpc) is 2.87. The first kappa shape index (κ1) is 27.5. The van der Waals surface area contributed by atoms with E-state index in [1.54, 1.807) is 0 Å². The highest BCUT2D eigenvalue weighted by molar-refractivity contribution is 5.90. The lowest BCUT2D eigenvalue weighted by Gasteiger charge is -2.39. The first-order valence-corrected chi connectivity index (χ1v) is 11.2. The zero-order valence-electron chi connectivity index (χ0n) is 19.6. The molecular formula is C24H22O15. The zero-order chi connectivity index (χ0) is 28.6. The van der Waals surface area contributed by atoms with Crippen molar-refractivity contribution in [2.45, 2.75) is 37.1 Å². The van der Waals surface area contributed by atoms with E-state index in [1.165, 1.54) is 6.07 Å². The summed E-state index contributed by atoms with van der Waals surface area (Å²) in [5.41, 5.74) is -0.947. The van der Waals surface area contributed by atoms with E-state index in [0.717, 1.165) is 24.3 Å². The van der Waals surface area contributed by atoms with Gasteiger partial charge in [-0.3, -0.25) is 14.4 Å². The van der Waals surface area contributed by atoms with Crippen LogP contribution < -0.4 is 10.2 Å². The second-order valence-electron chi connectivity index (χ2n) is 8.51. The Morgan fingerprint density at radius 2 is 1.62 bits per heavy atom. The predicted molar refractivity (Wildman–Crippen MR) is 125 cm³/mol. The van der Waals surface area contributed by atoms with Gasteiger partial charge >= 0.3 is 11.9 Å². The molecule has 15 heteroatoms. The standard InChI is InChI=1S/C24H22O15/c25-9-2-1-8(3-10(9)26)12-4-11(27)18-13(37-12)5-14(19(31)21(18)33)38-24-23(35)22(34)20(32)15(39-24)7-36-17(30)6-16(28)29/h1-5,15,20,22-26,31-35H,6-7H2,(H,28,29)/t15-,20-,22+,23-,24-/m1/s1. The normalized spacial score (nSPS) is 22.9. The monoisotopic (exact) mass is 550 g/mol. The van der Waals surface area contributed by atoms with Gasteiger partial charge in [-0.15, -0.1) is 0 Å². The van der Waals surface area contributed by atoms with Crippen molar-refractivity contribution in [3.05, 3.63) is 40.6 Å². The van der Waals surface area contributed by atoms with Gasteiger partial charge in [-0.2, -0.15) is 0 Å². The number of aliphatic hydroxyl groups excluding tert-OH is 3. The molecule has 0 amide bonds. The molecule has 15 nitrogen and oxygen atoms in total. The Kier molecular flexibility index (Phi) is 7.51. The Labute approximate surface area is 216 Å². The van der Waals surface area contributed by atoms with Gasteiger partial charge in [-0.25, -0.2) is 0 Å². The van der Waals surface area contributed by atoms with E-state index < -0.39 is 95.2 Å².